The number of aromatic nitrogens is 3. The van der Waals surface area contributed by atoms with Gasteiger partial charge in [0.25, 0.3) is 10.0 Å². The zero-order valence-electron chi connectivity index (χ0n) is 22.8. The van der Waals surface area contributed by atoms with Gasteiger partial charge in [-0.2, -0.15) is 0 Å². The molecule has 0 aliphatic carbocycles. The number of rotatable bonds is 8. The van der Waals surface area contributed by atoms with Crippen molar-refractivity contribution in [2.24, 2.45) is 0 Å². The molecule has 0 atom stereocenters. The Hall–Kier alpha value is -4.67. The van der Waals surface area contributed by atoms with E-state index in [1.54, 1.807) is 12.3 Å². The van der Waals surface area contributed by atoms with Gasteiger partial charge in [0.15, 0.2) is 0 Å². The predicted octanol–water partition coefficient (Wildman–Crippen LogP) is 5.60. The first kappa shape index (κ1) is 27.5. The molecule has 10 heteroatoms. The third kappa shape index (κ3) is 5.86. The van der Waals surface area contributed by atoms with Gasteiger partial charge in [-0.3, -0.25) is 24.6 Å². The van der Waals surface area contributed by atoms with Crippen LogP contribution in [0, 0.1) is 5.82 Å². The van der Waals surface area contributed by atoms with E-state index in [2.05, 4.69) is 54.3 Å². The number of pyridine rings is 3. The van der Waals surface area contributed by atoms with Crippen molar-refractivity contribution in [1.82, 2.24) is 19.9 Å². The molecule has 0 bridgehead atoms. The normalized spacial score (nSPS) is 14.2. The molecule has 42 heavy (non-hydrogen) atoms. The molecule has 1 aliphatic rings. The second-order valence-electron chi connectivity index (χ2n) is 10.1. The molecule has 1 N–H and O–H groups in total. The summed E-state index contributed by atoms with van der Waals surface area (Å²) < 4.78 is 42.0. The Balaban J connectivity index is 1.27. The van der Waals surface area contributed by atoms with E-state index in [4.69, 9.17) is 0 Å². The summed E-state index contributed by atoms with van der Waals surface area (Å²) in [7, 11) is -3.97. The van der Waals surface area contributed by atoms with Crippen molar-refractivity contribution in [1.29, 1.82) is 0 Å². The molecule has 8 nitrogen and oxygen atoms in total. The van der Waals surface area contributed by atoms with Crippen LogP contribution < -0.4 is 9.62 Å². The van der Waals surface area contributed by atoms with Crippen LogP contribution in [-0.2, 0) is 16.6 Å². The summed E-state index contributed by atoms with van der Waals surface area (Å²) >= 11 is 0. The number of nitrogens with zero attached hydrogens (tertiary/aromatic N) is 5. The topological polar surface area (TPSA) is 91.3 Å². The number of benzene rings is 2. The second kappa shape index (κ2) is 11.7. The number of sulfonamides is 1. The summed E-state index contributed by atoms with van der Waals surface area (Å²) in [6.45, 7) is 8.33. The van der Waals surface area contributed by atoms with E-state index in [9.17, 15) is 12.8 Å². The van der Waals surface area contributed by atoms with Crippen molar-refractivity contribution in [2.75, 3.05) is 35.8 Å². The molecule has 0 amide bonds. The third-order valence-corrected chi connectivity index (χ3v) is 8.78. The van der Waals surface area contributed by atoms with Gasteiger partial charge in [-0.1, -0.05) is 12.6 Å². The first-order valence-electron chi connectivity index (χ1n) is 13.6. The molecule has 212 valence electrons. The quantitative estimate of drug-likeness (QED) is 0.256. The molecule has 3 aromatic heterocycles. The van der Waals surface area contributed by atoms with Crippen LogP contribution in [0.3, 0.4) is 0 Å². The molecule has 0 unspecified atom stereocenters. The Labute approximate surface area is 244 Å². The van der Waals surface area contributed by atoms with Gasteiger partial charge in [-0.05, 0) is 77.9 Å². The van der Waals surface area contributed by atoms with Gasteiger partial charge in [-0.15, -0.1) is 0 Å². The molecule has 4 heterocycles. The molecular weight excluding hydrogens is 551 g/mol. The molecule has 2 aromatic carbocycles. The van der Waals surface area contributed by atoms with E-state index in [0.29, 0.717) is 5.69 Å². The van der Waals surface area contributed by atoms with Crippen LogP contribution >= 0.6 is 0 Å². The van der Waals surface area contributed by atoms with Gasteiger partial charge >= 0.3 is 0 Å². The lowest BCUT2D eigenvalue weighted by Gasteiger charge is -2.36. The summed E-state index contributed by atoms with van der Waals surface area (Å²) in [6, 6.07) is 18.6. The monoisotopic (exact) mass is 580 g/mol. The maximum absolute atomic E-state index is 13.4. The lowest BCUT2D eigenvalue weighted by molar-refractivity contribution is 0.250. The minimum Gasteiger partial charge on any atom is -0.368 e. The van der Waals surface area contributed by atoms with Crippen LogP contribution in [-0.4, -0.2) is 54.4 Å². The highest BCUT2D eigenvalue weighted by molar-refractivity contribution is 7.92. The Bertz CT molecular complexity index is 1840. The Morgan fingerprint density at radius 1 is 0.881 bits per heavy atom. The van der Waals surface area contributed by atoms with Crippen molar-refractivity contribution in [3.05, 3.63) is 115 Å². The minimum absolute atomic E-state index is 0.0494. The van der Waals surface area contributed by atoms with Gasteiger partial charge in [0.1, 0.15) is 5.82 Å². The van der Waals surface area contributed by atoms with E-state index in [0.717, 1.165) is 72.6 Å². The highest BCUT2D eigenvalue weighted by atomic mass is 32.2. The SMILES string of the molecule is C=Cc1ncc(-c2ccc3nccc(N4CCN(Cc5ccncc5)CC4)c3c2)cc1NS(=O)(=O)c1ccc(F)cc1. The molecule has 1 fully saturated rings. The second-order valence-corrected chi connectivity index (χ2v) is 11.8. The standard InChI is InChI=1S/C32H29FN6O2S/c1-2-29-31(37-42(40,41)27-6-4-26(33)5-7-27)20-25(21-36-29)24-3-8-30-28(19-24)32(11-14-35-30)39-17-15-38(16-18-39)22-23-9-12-34-13-10-23/h2-14,19-21,37H,1,15-18,22H2. The van der Waals surface area contributed by atoms with Gasteiger partial charge in [0, 0.05) is 74.1 Å². The average molecular weight is 581 g/mol. The zero-order chi connectivity index (χ0) is 29.1. The third-order valence-electron chi connectivity index (χ3n) is 7.40. The lowest BCUT2D eigenvalue weighted by Crippen LogP contribution is -2.46. The number of hydrogen-bond acceptors (Lipinski definition) is 7. The number of halogens is 1. The Morgan fingerprint density at radius 2 is 1.64 bits per heavy atom. The van der Waals surface area contributed by atoms with Gasteiger partial charge in [0.05, 0.1) is 21.8 Å². The fourth-order valence-electron chi connectivity index (χ4n) is 5.18. The Kier molecular flexibility index (Phi) is 7.64. The van der Waals surface area contributed by atoms with E-state index in [1.807, 2.05) is 36.8 Å². The summed E-state index contributed by atoms with van der Waals surface area (Å²) in [4.78, 5) is 17.9. The minimum atomic E-state index is -3.97. The average Bonchev–Trinajstić information content (AvgIpc) is 3.01. The van der Waals surface area contributed by atoms with E-state index >= 15 is 0 Å². The van der Waals surface area contributed by atoms with Crippen LogP contribution in [0.1, 0.15) is 11.3 Å². The molecule has 1 aliphatic heterocycles. The van der Waals surface area contributed by atoms with Crippen LogP contribution in [0.15, 0.2) is 103 Å². The molecule has 0 spiro atoms. The highest BCUT2D eigenvalue weighted by Crippen LogP contribution is 2.33. The summed E-state index contributed by atoms with van der Waals surface area (Å²) in [6.07, 6.45) is 8.68. The summed E-state index contributed by atoms with van der Waals surface area (Å²) in [5.41, 5.74) is 5.52. The summed E-state index contributed by atoms with van der Waals surface area (Å²) in [5.74, 6) is -0.513. The largest absolute Gasteiger partial charge is 0.368 e. The van der Waals surface area contributed by atoms with Gasteiger partial charge in [0.2, 0.25) is 0 Å². The van der Waals surface area contributed by atoms with E-state index < -0.39 is 15.8 Å². The fourth-order valence-corrected chi connectivity index (χ4v) is 6.24. The maximum Gasteiger partial charge on any atom is 0.261 e. The van der Waals surface area contributed by atoms with Crippen molar-refractivity contribution >= 4 is 38.4 Å². The smallest absolute Gasteiger partial charge is 0.261 e. The predicted molar refractivity (Wildman–Crippen MR) is 164 cm³/mol. The number of nitrogens with one attached hydrogen (secondary N) is 1. The van der Waals surface area contributed by atoms with Crippen LogP contribution in [0.25, 0.3) is 28.1 Å². The maximum atomic E-state index is 13.4. The Morgan fingerprint density at radius 3 is 2.38 bits per heavy atom. The molecule has 1 saturated heterocycles. The lowest BCUT2D eigenvalue weighted by atomic mass is 10.0. The summed E-state index contributed by atoms with van der Waals surface area (Å²) in [5, 5.41) is 1.01. The zero-order valence-corrected chi connectivity index (χ0v) is 23.6. The first-order valence-corrected chi connectivity index (χ1v) is 15.0. The van der Waals surface area contributed by atoms with Gasteiger partial charge < -0.3 is 4.90 Å². The number of fused-ring (bicyclic) bond motifs is 1. The van der Waals surface area contributed by atoms with E-state index in [-0.39, 0.29) is 10.6 Å². The van der Waals surface area contributed by atoms with Crippen molar-refractivity contribution in [2.45, 2.75) is 11.4 Å². The van der Waals surface area contributed by atoms with Crippen molar-refractivity contribution < 1.29 is 12.8 Å². The number of hydrogen-bond donors (Lipinski definition) is 1. The van der Waals surface area contributed by atoms with E-state index in [1.165, 1.54) is 23.8 Å². The van der Waals surface area contributed by atoms with Crippen molar-refractivity contribution in [3.8, 4) is 11.1 Å². The number of anilines is 2. The van der Waals surface area contributed by atoms with Crippen LogP contribution in [0.2, 0.25) is 0 Å². The van der Waals surface area contributed by atoms with Crippen LogP contribution in [0.4, 0.5) is 15.8 Å². The molecule has 0 saturated carbocycles. The first-order chi connectivity index (χ1) is 20.4. The fraction of sp³-hybridized carbons (Fsp3) is 0.156. The highest BCUT2D eigenvalue weighted by Gasteiger charge is 2.20. The number of piperazine rings is 1. The van der Waals surface area contributed by atoms with Crippen LogP contribution in [0.5, 0.6) is 0 Å². The van der Waals surface area contributed by atoms with Gasteiger partial charge in [-0.25, -0.2) is 12.8 Å². The molecule has 5 aromatic rings. The molecule has 6 rings (SSSR count). The molecular formula is C32H29FN6O2S. The van der Waals surface area contributed by atoms with Crippen molar-refractivity contribution in [3.63, 3.8) is 0 Å². The molecule has 0 radical (unpaired) electrons.